The topological polar surface area (TPSA) is 54.7 Å². The fourth-order valence-corrected chi connectivity index (χ4v) is 3.83. The highest BCUT2D eigenvalue weighted by molar-refractivity contribution is 6.07. The van der Waals surface area contributed by atoms with Gasteiger partial charge in [-0.1, -0.05) is 12.2 Å². The van der Waals surface area contributed by atoms with Crippen LogP contribution in [0.3, 0.4) is 0 Å². The zero-order valence-corrected chi connectivity index (χ0v) is 14.5. The van der Waals surface area contributed by atoms with Crippen molar-refractivity contribution in [2.45, 2.75) is 32.6 Å². The lowest BCUT2D eigenvalue weighted by molar-refractivity contribution is 0.686. The molecular formula is C22H23N3. The molecule has 126 valence electrons. The van der Waals surface area contributed by atoms with Gasteiger partial charge in [-0.05, 0) is 80.2 Å². The Labute approximate surface area is 148 Å². The number of aryl methyl sites for hydroxylation is 1. The molecule has 0 unspecified atom stereocenters. The van der Waals surface area contributed by atoms with E-state index < -0.39 is 0 Å². The van der Waals surface area contributed by atoms with Crippen LogP contribution < -0.4 is 5.73 Å². The van der Waals surface area contributed by atoms with Gasteiger partial charge in [0.2, 0.25) is 0 Å². The number of nitrogens with one attached hydrogen (secondary N) is 1. The molecule has 1 aliphatic carbocycles. The van der Waals surface area contributed by atoms with E-state index in [1.54, 1.807) is 0 Å². The Bertz CT molecular complexity index is 1020. The molecule has 0 atom stereocenters. The number of H-pyrrole nitrogens is 1. The standard InChI is InChI=1S/C22H23N3/c1-2-6-15(23)7-5-10-20-16-8-3-4-9-17(16)22-18-13-14-24-19(18)11-12-21(22)25-20/h2,5-7,10-14,24H,3-4,8-9,23H2,1H3/b6-2-,10-5+,15-7+. The Morgan fingerprint density at radius 2 is 2.00 bits per heavy atom. The Kier molecular flexibility index (Phi) is 4.14. The molecule has 4 rings (SSSR count). The maximum atomic E-state index is 5.93. The summed E-state index contributed by atoms with van der Waals surface area (Å²) in [5.41, 5.74) is 12.9. The van der Waals surface area contributed by atoms with Gasteiger partial charge in [-0.25, -0.2) is 4.98 Å². The molecule has 0 bridgehead atoms. The largest absolute Gasteiger partial charge is 0.399 e. The molecule has 0 saturated heterocycles. The van der Waals surface area contributed by atoms with Crippen molar-refractivity contribution in [3.05, 3.63) is 71.2 Å². The van der Waals surface area contributed by atoms with E-state index in [1.165, 1.54) is 40.3 Å². The lowest BCUT2D eigenvalue weighted by Gasteiger charge is -2.20. The van der Waals surface area contributed by atoms with Gasteiger partial charge in [-0.2, -0.15) is 0 Å². The molecule has 0 saturated carbocycles. The van der Waals surface area contributed by atoms with Crippen LogP contribution in [0.5, 0.6) is 0 Å². The molecule has 3 heteroatoms. The number of nitrogens with zero attached hydrogens (tertiary/aromatic N) is 1. The fourth-order valence-electron chi connectivity index (χ4n) is 3.83. The first kappa shape index (κ1) is 15.7. The van der Waals surface area contributed by atoms with E-state index in [2.05, 4.69) is 29.3 Å². The third kappa shape index (κ3) is 2.86. The first-order valence-corrected chi connectivity index (χ1v) is 8.96. The molecule has 0 spiro atoms. The van der Waals surface area contributed by atoms with Crippen molar-refractivity contribution in [3.63, 3.8) is 0 Å². The van der Waals surface area contributed by atoms with E-state index >= 15 is 0 Å². The smallest absolute Gasteiger partial charge is 0.0719 e. The predicted molar refractivity (Wildman–Crippen MR) is 106 cm³/mol. The number of benzene rings is 1. The van der Waals surface area contributed by atoms with Crippen molar-refractivity contribution >= 4 is 27.9 Å². The van der Waals surface area contributed by atoms with Crippen LogP contribution in [-0.4, -0.2) is 9.97 Å². The van der Waals surface area contributed by atoms with Gasteiger partial charge in [-0.15, -0.1) is 0 Å². The Hall–Kier alpha value is -2.81. The first-order chi connectivity index (χ1) is 12.3. The number of allylic oxidation sites excluding steroid dienone is 4. The third-order valence-electron chi connectivity index (χ3n) is 4.93. The zero-order chi connectivity index (χ0) is 17.2. The summed E-state index contributed by atoms with van der Waals surface area (Å²) < 4.78 is 0. The number of nitrogens with two attached hydrogens (primary N) is 1. The molecular weight excluding hydrogens is 306 g/mol. The summed E-state index contributed by atoms with van der Waals surface area (Å²) in [4.78, 5) is 8.29. The molecule has 0 aliphatic heterocycles. The second-order valence-corrected chi connectivity index (χ2v) is 6.59. The second kappa shape index (κ2) is 6.60. The highest BCUT2D eigenvalue weighted by Gasteiger charge is 2.18. The zero-order valence-electron chi connectivity index (χ0n) is 14.5. The first-order valence-electron chi connectivity index (χ1n) is 8.96. The Morgan fingerprint density at radius 1 is 1.16 bits per heavy atom. The molecule has 3 nitrogen and oxygen atoms in total. The van der Waals surface area contributed by atoms with Crippen LogP contribution in [0.25, 0.3) is 27.9 Å². The van der Waals surface area contributed by atoms with Crippen molar-refractivity contribution < 1.29 is 0 Å². The van der Waals surface area contributed by atoms with Gasteiger partial charge in [-0.3, -0.25) is 0 Å². The average molecular weight is 329 g/mol. The number of rotatable bonds is 3. The number of hydrogen-bond donors (Lipinski definition) is 2. The lowest BCUT2D eigenvalue weighted by atomic mass is 9.87. The van der Waals surface area contributed by atoms with Crippen LogP contribution in [0.4, 0.5) is 0 Å². The minimum Gasteiger partial charge on any atom is -0.399 e. The molecule has 1 aliphatic rings. The van der Waals surface area contributed by atoms with Crippen molar-refractivity contribution in [2.24, 2.45) is 5.73 Å². The van der Waals surface area contributed by atoms with E-state index in [0.717, 1.165) is 29.7 Å². The normalized spacial score (nSPS) is 15.6. The molecule has 0 radical (unpaired) electrons. The van der Waals surface area contributed by atoms with Crippen molar-refractivity contribution in [3.8, 4) is 0 Å². The van der Waals surface area contributed by atoms with E-state index in [-0.39, 0.29) is 0 Å². The van der Waals surface area contributed by atoms with Gasteiger partial charge in [0.05, 0.1) is 11.2 Å². The molecule has 2 aromatic heterocycles. The molecule has 0 fully saturated rings. The highest BCUT2D eigenvalue weighted by atomic mass is 14.7. The van der Waals surface area contributed by atoms with Gasteiger partial charge in [0.25, 0.3) is 0 Å². The Morgan fingerprint density at radius 3 is 2.84 bits per heavy atom. The summed E-state index contributed by atoms with van der Waals surface area (Å²) in [6.07, 6.45) is 16.6. The third-order valence-corrected chi connectivity index (χ3v) is 4.93. The molecule has 3 aromatic rings. The van der Waals surface area contributed by atoms with E-state index in [9.17, 15) is 0 Å². The predicted octanol–water partition coefficient (Wildman–Crippen LogP) is 5.03. The van der Waals surface area contributed by atoms with Crippen LogP contribution in [-0.2, 0) is 12.8 Å². The number of hydrogen-bond acceptors (Lipinski definition) is 2. The van der Waals surface area contributed by atoms with Crippen molar-refractivity contribution in [1.82, 2.24) is 9.97 Å². The molecule has 2 heterocycles. The van der Waals surface area contributed by atoms with Gasteiger partial charge in [0, 0.05) is 28.2 Å². The van der Waals surface area contributed by atoms with Crippen LogP contribution in [0.15, 0.2) is 54.4 Å². The molecule has 25 heavy (non-hydrogen) atoms. The second-order valence-electron chi connectivity index (χ2n) is 6.59. The van der Waals surface area contributed by atoms with Gasteiger partial charge in [0.15, 0.2) is 0 Å². The SMILES string of the molecule is C\C=C/C(N)=C\C=C\c1nc2ccc3[nH]ccc3c2c2c1CCCC2. The Balaban J connectivity index is 1.89. The maximum absolute atomic E-state index is 5.93. The van der Waals surface area contributed by atoms with Crippen LogP contribution in [0, 0.1) is 0 Å². The van der Waals surface area contributed by atoms with Gasteiger partial charge >= 0.3 is 0 Å². The van der Waals surface area contributed by atoms with Crippen LogP contribution in [0.1, 0.15) is 36.6 Å². The number of aromatic nitrogens is 2. The number of aromatic amines is 1. The minimum absolute atomic E-state index is 0.752. The lowest BCUT2D eigenvalue weighted by Crippen LogP contribution is -2.07. The molecule has 0 amide bonds. The van der Waals surface area contributed by atoms with E-state index in [0.29, 0.717) is 0 Å². The highest BCUT2D eigenvalue weighted by Crippen LogP contribution is 2.34. The van der Waals surface area contributed by atoms with Gasteiger partial charge in [0.1, 0.15) is 0 Å². The van der Waals surface area contributed by atoms with Crippen molar-refractivity contribution in [1.29, 1.82) is 0 Å². The molecule has 1 aromatic carbocycles. The summed E-state index contributed by atoms with van der Waals surface area (Å²) in [6.45, 7) is 1.97. The number of fused-ring (bicyclic) bond motifs is 5. The summed E-state index contributed by atoms with van der Waals surface area (Å²) in [5, 5.41) is 2.62. The summed E-state index contributed by atoms with van der Waals surface area (Å²) >= 11 is 0. The quantitative estimate of drug-likeness (QED) is 0.662. The van der Waals surface area contributed by atoms with E-state index in [4.69, 9.17) is 10.7 Å². The minimum atomic E-state index is 0.752. The van der Waals surface area contributed by atoms with Crippen LogP contribution >= 0.6 is 0 Å². The average Bonchev–Trinajstić information content (AvgIpc) is 3.10. The van der Waals surface area contributed by atoms with Crippen LogP contribution in [0.2, 0.25) is 0 Å². The van der Waals surface area contributed by atoms with Crippen molar-refractivity contribution in [2.75, 3.05) is 0 Å². The monoisotopic (exact) mass is 329 g/mol. The van der Waals surface area contributed by atoms with Gasteiger partial charge < -0.3 is 10.7 Å². The molecule has 3 N–H and O–H groups in total. The maximum Gasteiger partial charge on any atom is 0.0719 e. The fraction of sp³-hybridized carbons (Fsp3) is 0.227. The summed E-state index contributed by atoms with van der Waals surface area (Å²) in [6, 6.07) is 6.42. The summed E-state index contributed by atoms with van der Waals surface area (Å²) in [7, 11) is 0. The number of pyridine rings is 1. The summed E-state index contributed by atoms with van der Waals surface area (Å²) in [5.74, 6) is 0. The van der Waals surface area contributed by atoms with E-state index in [1.807, 2.05) is 37.4 Å².